The van der Waals surface area contributed by atoms with Gasteiger partial charge in [0, 0.05) is 17.8 Å². The molecule has 4 aromatic rings. The van der Waals surface area contributed by atoms with E-state index < -0.39 is 0 Å². The van der Waals surface area contributed by atoms with Crippen molar-refractivity contribution in [2.75, 3.05) is 0 Å². The van der Waals surface area contributed by atoms with E-state index in [9.17, 15) is 4.79 Å². The van der Waals surface area contributed by atoms with Crippen molar-refractivity contribution in [1.82, 2.24) is 24.3 Å². The van der Waals surface area contributed by atoms with Crippen molar-refractivity contribution in [2.24, 2.45) is 0 Å². The number of nitrogens with zero attached hydrogens (tertiary/aromatic N) is 5. The largest absolute Gasteiger partial charge is 0.451 e. The average molecular weight is 343 g/mol. The average Bonchev–Trinajstić information content (AvgIpc) is 3.31. The van der Waals surface area contributed by atoms with Crippen LogP contribution in [-0.2, 0) is 24.3 Å². The van der Waals surface area contributed by atoms with Gasteiger partial charge in [0.25, 0.3) is 0 Å². The van der Waals surface area contributed by atoms with E-state index in [1.807, 2.05) is 22.2 Å². The summed E-state index contributed by atoms with van der Waals surface area (Å²) in [7, 11) is 0. The third-order valence-corrected chi connectivity index (χ3v) is 4.27. The third kappa shape index (κ3) is 3.06. The number of oxazole rings is 2. The maximum atomic E-state index is 12.7. The second-order valence-corrected chi connectivity index (χ2v) is 6.08. The van der Waals surface area contributed by atoms with E-state index in [1.165, 1.54) is 36.7 Å². The lowest BCUT2D eigenvalue weighted by atomic mass is 10.2. The first-order valence-electron chi connectivity index (χ1n) is 7.21. The van der Waals surface area contributed by atoms with Gasteiger partial charge >= 0.3 is 0 Å². The molecule has 0 unspecified atom stereocenters. The molecule has 0 aliphatic heterocycles. The highest BCUT2D eigenvalue weighted by Crippen LogP contribution is 2.14. The second-order valence-electron chi connectivity index (χ2n) is 5.21. The zero-order chi connectivity index (χ0) is 16.4. The SMILES string of the molecule is O=C(Cc1cn2ccsc2n1)N(Cc1cocn1)Cc1cocn1. The lowest BCUT2D eigenvalue weighted by molar-refractivity contribution is -0.131. The Morgan fingerprint density at radius 3 is 2.42 bits per heavy atom. The molecule has 9 heteroatoms. The van der Waals surface area contributed by atoms with Gasteiger partial charge in [-0.1, -0.05) is 0 Å². The van der Waals surface area contributed by atoms with Crippen molar-refractivity contribution in [3.05, 3.63) is 60.2 Å². The Morgan fingerprint density at radius 1 is 1.12 bits per heavy atom. The van der Waals surface area contributed by atoms with Crippen molar-refractivity contribution < 1.29 is 13.6 Å². The topological polar surface area (TPSA) is 89.7 Å². The minimum Gasteiger partial charge on any atom is -0.451 e. The van der Waals surface area contributed by atoms with E-state index in [0.717, 1.165) is 10.7 Å². The van der Waals surface area contributed by atoms with Gasteiger partial charge in [0.05, 0.1) is 36.6 Å². The van der Waals surface area contributed by atoms with Gasteiger partial charge in [0.1, 0.15) is 12.5 Å². The third-order valence-electron chi connectivity index (χ3n) is 3.50. The summed E-state index contributed by atoms with van der Waals surface area (Å²) in [6.07, 6.45) is 9.74. The summed E-state index contributed by atoms with van der Waals surface area (Å²) in [6.45, 7) is 0.675. The van der Waals surface area contributed by atoms with Gasteiger partial charge in [0.15, 0.2) is 17.7 Å². The first-order valence-corrected chi connectivity index (χ1v) is 8.09. The van der Waals surface area contributed by atoms with Gasteiger partial charge in [0.2, 0.25) is 5.91 Å². The molecule has 0 aliphatic carbocycles. The number of rotatable bonds is 6. The molecule has 0 aliphatic rings. The Balaban J connectivity index is 1.52. The normalized spacial score (nSPS) is 11.2. The van der Waals surface area contributed by atoms with Crippen molar-refractivity contribution >= 4 is 22.2 Å². The molecule has 0 atom stereocenters. The minimum atomic E-state index is -0.0632. The Kier molecular flexibility index (Phi) is 3.83. The predicted molar refractivity (Wildman–Crippen MR) is 84.0 cm³/mol. The molecule has 0 saturated carbocycles. The molecule has 24 heavy (non-hydrogen) atoms. The quantitative estimate of drug-likeness (QED) is 0.533. The maximum Gasteiger partial charge on any atom is 0.229 e. The highest BCUT2D eigenvalue weighted by Gasteiger charge is 2.19. The number of fused-ring (bicyclic) bond motifs is 1. The van der Waals surface area contributed by atoms with Crippen LogP contribution in [0.2, 0.25) is 0 Å². The van der Waals surface area contributed by atoms with E-state index in [2.05, 4.69) is 15.0 Å². The molecule has 0 aromatic carbocycles. The van der Waals surface area contributed by atoms with Gasteiger partial charge < -0.3 is 13.7 Å². The van der Waals surface area contributed by atoms with Gasteiger partial charge in [-0.2, -0.15) is 0 Å². The fourth-order valence-corrected chi connectivity index (χ4v) is 3.10. The zero-order valence-electron chi connectivity index (χ0n) is 12.5. The Morgan fingerprint density at radius 2 is 1.83 bits per heavy atom. The van der Waals surface area contributed by atoms with Gasteiger partial charge in [-0.3, -0.25) is 9.20 Å². The van der Waals surface area contributed by atoms with Crippen LogP contribution in [0.3, 0.4) is 0 Å². The molecule has 4 rings (SSSR count). The number of imidazole rings is 1. The highest BCUT2D eigenvalue weighted by molar-refractivity contribution is 7.15. The Bertz CT molecular complexity index is 861. The molecule has 1 amide bonds. The number of thiazole rings is 1. The zero-order valence-corrected chi connectivity index (χ0v) is 13.3. The first-order chi connectivity index (χ1) is 11.8. The monoisotopic (exact) mass is 343 g/mol. The van der Waals surface area contributed by atoms with Gasteiger partial charge in [-0.05, 0) is 0 Å². The van der Waals surface area contributed by atoms with Crippen molar-refractivity contribution in [3.8, 4) is 0 Å². The number of aromatic nitrogens is 4. The van der Waals surface area contributed by atoms with Crippen molar-refractivity contribution in [2.45, 2.75) is 19.5 Å². The summed E-state index contributed by atoms with van der Waals surface area (Å²) in [5, 5.41) is 1.95. The van der Waals surface area contributed by atoms with Crippen LogP contribution in [0.4, 0.5) is 0 Å². The van der Waals surface area contributed by atoms with Crippen LogP contribution >= 0.6 is 11.3 Å². The molecule has 0 N–H and O–H groups in total. The van der Waals surface area contributed by atoms with Crippen LogP contribution in [0.25, 0.3) is 4.96 Å². The predicted octanol–water partition coefficient (Wildman–Crippen LogP) is 2.14. The van der Waals surface area contributed by atoms with E-state index in [4.69, 9.17) is 8.83 Å². The summed E-state index contributed by atoms with van der Waals surface area (Å²) < 4.78 is 11.9. The van der Waals surface area contributed by atoms with Crippen LogP contribution in [0.15, 0.2) is 51.9 Å². The molecule has 4 heterocycles. The second kappa shape index (κ2) is 6.28. The van der Waals surface area contributed by atoms with Crippen LogP contribution in [0, 0.1) is 0 Å². The molecule has 0 radical (unpaired) electrons. The minimum absolute atomic E-state index is 0.0632. The number of hydrogen-bond acceptors (Lipinski definition) is 7. The van der Waals surface area contributed by atoms with E-state index >= 15 is 0 Å². The first kappa shape index (κ1) is 14.6. The van der Waals surface area contributed by atoms with E-state index in [1.54, 1.807) is 4.90 Å². The van der Waals surface area contributed by atoms with Gasteiger partial charge in [-0.15, -0.1) is 11.3 Å². The lowest BCUT2D eigenvalue weighted by Gasteiger charge is -2.20. The molecule has 4 aromatic heterocycles. The smallest absolute Gasteiger partial charge is 0.229 e. The number of carbonyl (C=O) groups excluding carboxylic acids is 1. The van der Waals surface area contributed by atoms with Crippen LogP contribution in [0.5, 0.6) is 0 Å². The highest BCUT2D eigenvalue weighted by atomic mass is 32.1. The maximum absolute atomic E-state index is 12.7. The molecule has 122 valence electrons. The summed E-state index contributed by atoms with van der Waals surface area (Å²) in [5.41, 5.74) is 2.09. The Labute approximate surface area is 140 Å². The summed E-state index contributed by atoms with van der Waals surface area (Å²) in [5.74, 6) is -0.0632. The fourth-order valence-electron chi connectivity index (χ4n) is 2.38. The van der Waals surface area contributed by atoms with Crippen LogP contribution in [-0.4, -0.2) is 30.2 Å². The summed E-state index contributed by atoms with van der Waals surface area (Å²) in [6, 6.07) is 0. The molecule has 0 fully saturated rings. The van der Waals surface area contributed by atoms with Crippen molar-refractivity contribution in [3.63, 3.8) is 0 Å². The summed E-state index contributed by atoms with van der Waals surface area (Å²) >= 11 is 1.53. The molecule has 0 bridgehead atoms. The van der Waals surface area contributed by atoms with Gasteiger partial charge in [-0.25, -0.2) is 15.0 Å². The fraction of sp³-hybridized carbons (Fsp3) is 0.200. The molecular formula is C15H13N5O3S. The molecule has 0 spiro atoms. The van der Waals surface area contributed by atoms with E-state index in [-0.39, 0.29) is 12.3 Å². The number of hydrogen-bond donors (Lipinski definition) is 0. The number of amides is 1. The molecule has 8 nitrogen and oxygen atoms in total. The van der Waals surface area contributed by atoms with Crippen LogP contribution in [0.1, 0.15) is 17.1 Å². The lowest BCUT2D eigenvalue weighted by Crippen LogP contribution is -2.31. The number of carbonyl (C=O) groups is 1. The molecular weight excluding hydrogens is 330 g/mol. The molecule has 0 saturated heterocycles. The standard InChI is InChI=1S/C15H13N5O3S/c21-14(3-11-4-19-1-2-24-15(19)18-11)20(5-12-7-22-9-16-12)6-13-8-23-10-17-13/h1-2,4,7-10H,3,5-6H2. The Hall–Kier alpha value is -2.94. The van der Waals surface area contributed by atoms with Crippen molar-refractivity contribution in [1.29, 1.82) is 0 Å². The summed E-state index contributed by atoms with van der Waals surface area (Å²) in [4.78, 5) is 27.9. The van der Waals surface area contributed by atoms with E-state index in [0.29, 0.717) is 24.5 Å². The van der Waals surface area contributed by atoms with Crippen LogP contribution < -0.4 is 0 Å².